The molecule has 13 aromatic rings. The van der Waals surface area contributed by atoms with Crippen molar-refractivity contribution in [3.05, 3.63) is 318 Å². The van der Waals surface area contributed by atoms with Gasteiger partial charge in [-0.15, -0.1) is 0 Å². The first kappa shape index (κ1) is 63.8. The molecule has 15 rings (SSSR count). The molecule has 2 aliphatic rings. The van der Waals surface area contributed by atoms with E-state index in [2.05, 4.69) is 384 Å². The van der Waals surface area contributed by atoms with E-state index in [1.165, 1.54) is 60.9 Å². The van der Waals surface area contributed by atoms with Crippen molar-refractivity contribution in [2.24, 2.45) is 0 Å². The normalized spacial score (nSPS) is 12.9. The fraction of sp³-hybridized carbons (Fsp3) is 0.170. The Morgan fingerprint density at radius 1 is 0.235 bits per heavy atom. The highest BCUT2D eigenvalue weighted by Gasteiger charge is 2.46. The van der Waals surface area contributed by atoms with Crippen LogP contribution in [0, 0.1) is 0 Å². The maximum atomic E-state index is 7.95. The minimum absolute atomic E-state index is 0.0354. The predicted octanol–water partition coefficient (Wildman–Crippen LogP) is 24.9. The third-order valence-electron chi connectivity index (χ3n) is 20.3. The molecule has 0 amide bonds. The van der Waals surface area contributed by atoms with E-state index in [-0.39, 0.29) is 28.4 Å². The van der Waals surface area contributed by atoms with Crippen LogP contribution in [0.5, 0.6) is 0 Å². The van der Waals surface area contributed by atoms with Gasteiger partial charge in [-0.3, -0.25) is 0 Å². The lowest BCUT2D eigenvalue weighted by molar-refractivity contribution is 0.568. The van der Waals surface area contributed by atoms with E-state index in [0.717, 1.165) is 101 Å². The molecule has 0 spiro atoms. The van der Waals surface area contributed by atoms with E-state index in [9.17, 15) is 0 Å². The van der Waals surface area contributed by atoms with Crippen LogP contribution in [0.4, 0.5) is 34.1 Å². The summed E-state index contributed by atoms with van der Waals surface area (Å²) in [6.45, 7) is 27.6. The van der Waals surface area contributed by atoms with E-state index in [0.29, 0.717) is 5.02 Å². The third-order valence-corrected chi connectivity index (χ3v) is 20.5. The summed E-state index contributed by atoms with van der Waals surface area (Å²) in [5.41, 5.74) is 33.6. The summed E-state index contributed by atoms with van der Waals surface area (Å²) in [7, 11) is 0. The second kappa shape index (κ2) is 24.7. The Morgan fingerprint density at radius 3 is 0.796 bits per heavy atom. The summed E-state index contributed by atoms with van der Waals surface area (Å²) < 4.78 is 0. The zero-order valence-corrected chi connectivity index (χ0v) is 59.3. The summed E-state index contributed by atoms with van der Waals surface area (Å²) in [6, 6.07) is 109. The van der Waals surface area contributed by atoms with Crippen molar-refractivity contribution < 1.29 is 0 Å². The number of rotatable bonds is 10. The first-order chi connectivity index (χ1) is 47.0. The molecule has 98 heavy (non-hydrogen) atoms. The van der Waals surface area contributed by atoms with E-state index >= 15 is 0 Å². The number of nitrogens with zero attached hydrogens (tertiary/aromatic N) is 2. The Balaban J connectivity index is 1.05. The van der Waals surface area contributed by atoms with Crippen LogP contribution < -0.4 is 26.2 Å². The van der Waals surface area contributed by atoms with Crippen LogP contribution in [0.15, 0.2) is 291 Å². The molecule has 4 heteroatoms. The van der Waals surface area contributed by atoms with Gasteiger partial charge in [0.05, 0.1) is 11.4 Å². The van der Waals surface area contributed by atoms with Crippen LogP contribution in [-0.2, 0) is 21.7 Å². The van der Waals surface area contributed by atoms with Gasteiger partial charge in [-0.05, 0) is 163 Å². The van der Waals surface area contributed by atoms with Gasteiger partial charge in [-0.25, -0.2) is 0 Å². The minimum atomic E-state index is -0.273. The SMILES string of the molecule is CC(C)(C)c1cc(-c2cccc(-c3ccc4c(c3)B3c5cc(-c6cccc(-c7cc(C(C)(C)C)cc(C(C)(C)C)c7)c6)ccc5N(c5c(-c6ccccc6)cccc5-c5ccccc5)c5cc(Cl)cc(c53)N4c3c(-c4ccccc4)cccc3-c3ccccc3)c2)cc(C(C)(C)C)c1. The number of fused-ring (bicyclic) bond motifs is 4. The van der Waals surface area contributed by atoms with E-state index in [4.69, 9.17) is 11.6 Å². The molecule has 0 atom stereocenters. The first-order valence-corrected chi connectivity index (χ1v) is 35.1. The standard InChI is InChI=1S/C94H84BClN2/c1-91(2,3)73-51-71(52-74(57-73)92(4,5)6)67-39-25-37-65(49-67)69-45-47-84-82(55-69)95-83-56-70(66-38-26-40-68(50-66)72-53-75(93(7,8)9)58-76(54-72)94(10,11)12)46-48-85(83)98(90-80(63-33-21-15-22-34-63)43-28-44-81(90)64-35-23-16-24-36-64)87-60-77(96)59-86(88(87)95)97(84)89-78(61-29-17-13-18-30-61)41-27-42-79(89)62-31-19-14-20-32-62/h13-60H,1-12H3. The summed E-state index contributed by atoms with van der Waals surface area (Å²) >= 11 is 7.95. The van der Waals surface area contributed by atoms with Gasteiger partial charge in [0.2, 0.25) is 0 Å². The molecule has 2 aliphatic heterocycles. The van der Waals surface area contributed by atoms with Gasteiger partial charge in [0.1, 0.15) is 0 Å². The molecular weight excluding hydrogens is 1200 g/mol. The van der Waals surface area contributed by atoms with E-state index < -0.39 is 0 Å². The number of para-hydroxylation sites is 2. The van der Waals surface area contributed by atoms with E-state index in [1.54, 1.807) is 0 Å². The third kappa shape index (κ3) is 11.9. The van der Waals surface area contributed by atoms with Crippen molar-refractivity contribution in [1.82, 2.24) is 0 Å². The number of halogens is 1. The zero-order chi connectivity index (χ0) is 68.0. The second-order valence-corrected chi connectivity index (χ2v) is 31.6. The highest BCUT2D eigenvalue weighted by Crippen LogP contribution is 2.54. The maximum absolute atomic E-state index is 7.95. The Morgan fingerprint density at radius 2 is 0.500 bits per heavy atom. The van der Waals surface area contributed by atoms with Crippen molar-refractivity contribution in [2.45, 2.75) is 105 Å². The molecule has 0 saturated carbocycles. The minimum Gasteiger partial charge on any atom is -0.310 e. The molecular formula is C94H84BClN2. The van der Waals surface area contributed by atoms with Crippen LogP contribution in [0.2, 0.25) is 5.02 Å². The smallest absolute Gasteiger partial charge is 0.252 e. The fourth-order valence-corrected chi connectivity index (χ4v) is 15.1. The topological polar surface area (TPSA) is 6.48 Å². The summed E-state index contributed by atoms with van der Waals surface area (Å²) in [5, 5.41) is 0.647. The monoisotopic (exact) mass is 1290 g/mol. The van der Waals surface area contributed by atoms with Gasteiger partial charge in [0.15, 0.2) is 0 Å². The maximum Gasteiger partial charge on any atom is 0.252 e. The largest absolute Gasteiger partial charge is 0.310 e. The molecule has 0 unspecified atom stereocenters. The van der Waals surface area contributed by atoms with E-state index in [1.807, 2.05) is 0 Å². The molecule has 0 radical (unpaired) electrons. The van der Waals surface area contributed by atoms with Crippen LogP contribution in [-0.4, -0.2) is 6.71 Å². The molecule has 2 heterocycles. The molecule has 0 aliphatic carbocycles. The van der Waals surface area contributed by atoms with Crippen molar-refractivity contribution in [1.29, 1.82) is 0 Å². The molecule has 0 aromatic heterocycles. The number of benzene rings is 13. The van der Waals surface area contributed by atoms with Gasteiger partial charge in [0.25, 0.3) is 6.71 Å². The Bertz CT molecular complexity index is 4690. The molecule has 13 aromatic carbocycles. The van der Waals surface area contributed by atoms with Crippen molar-refractivity contribution in [2.75, 3.05) is 9.80 Å². The quantitative estimate of drug-likeness (QED) is 0.126. The summed E-state index contributed by atoms with van der Waals surface area (Å²) in [5.74, 6) is 0. The van der Waals surface area contributed by atoms with Crippen molar-refractivity contribution in [3.63, 3.8) is 0 Å². The van der Waals surface area contributed by atoms with Crippen LogP contribution in [0.25, 0.3) is 89.0 Å². The summed E-state index contributed by atoms with van der Waals surface area (Å²) in [4.78, 5) is 5.14. The predicted molar refractivity (Wildman–Crippen MR) is 424 cm³/mol. The van der Waals surface area contributed by atoms with Crippen molar-refractivity contribution >= 4 is 68.8 Å². The second-order valence-electron chi connectivity index (χ2n) is 31.1. The van der Waals surface area contributed by atoms with Crippen LogP contribution in [0.3, 0.4) is 0 Å². The Hall–Kier alpha value is -10.2. The van der Waals surface area contributed by atoms with Crippen LogP contribution >= 0.6 is 11.6 Å². The average molecular weight is 1290 g/mol. The van der Waals surface area contributed by atoms with Gasteiger partial charge < -0.3 is 9.80 Å². The highest BCUT2D eigenvalue weighted by atomic mass is 35.5. The number of hydrogen-bond donors (Lipinski definition) is 0. The van der Waals surface area contributed by atoms with Gasteiger partial charge >= 0.3 is 0 Å². The van der Waals surface area contributed by atoms with Gasteiger partial charge in [0, 0.05) is 50.0 Å². The first-order valence-electron chi connectivity index (χ1n) is 34.8. The molecule has 0 bridgehead atoms. The lowest BCUT2D eigenvalue weighted by Gasteiger charge is -2.46. The van der Waals surface area contributed by atoms with Crippen LogP contribution in [0.1, 0.15) is 105 Å². The summed E-state index contributed by atoms with van der Waals surface area (Å²) in [6.07, 6.45) is 0. The van der Waals surface area contributed by atoms with Gasteiger partial charge in [-0.2, -0.15) is 0 Å². The lowest BCUT2D eigenvalue weighted by atomic mass is 9.33. The molecule has 0 N–H and O–H groups in total. The average Bonchev–Trinajstić information content (AvgIpc) is 0.690. The Labute approximate surface area is 587 Å². The fourth-order valence-electron chi connectivity index (χ4n) is 14.9. The van der Waals surface area contributed by atoms with Gasteiger partial charge in [-0.1, -0.05) is 349 Å². The zero-order valence-electron chi connectivity index (χ0n) is 58.6. The molecule has 480 valence electrons. The lowest BCUT2D eigenvalue weighted by Crippen LogP contribution is -2.61. The highest BCUT2D eigenvalue weighted by molar-refractivity contribution is 7.00. The Kier molecular flexibility index (Phi) is 16.1. The molecule has 0 fully saturated rings. The number of anilines is 6. The molecule has 2 nitrogen and oxygen atoms in total. The number of hydrogen-bond acceptors (Lipinski definition) is 2. The molecule has 0 saturated heterocycles. The van der Waals surface area contributed by atoms with Crippen molar-refractivity contribution in [3.8, 4) is 89.0 Å².